The number of ether oxygens (including phenoxy) is 4. The van der Waals surface area contributed by atoms with Gasteiger partial charge in [-0.05, 0) is 72.7 Å². The third-order valence-corrected chi connectivity index (χ3v) is 7.57. The van der Waals surface area contributed by atoms with Gasteiger partial charge in [-0.15, -0.1) is 5.92 Å². The third kappa shape index (κ3) is 7.44. The molecule has 0 aliphatic carbocycles. The normalized spacial score (nSPS) is 12.1. The maximum atomic E-state index is 14.0. The molecule has 0 aliphatic rings. The zero-order chi connectivity index (χ0) is 31.5. The number of ketones is 1. The van der Waals surface area contributed by atoms with Gasteiger partial charge in [0.05, 0.1) is 50.7 Å². The van der Waals surface area contributed by atoms with Gasteiger partial charge in [0.1, 0.15) is 11.4 Å². The lowest BCUT2D eigenvalue weighted by Gasteiger charge is -2.30. The Labute approximate surface area is 246 Å². The molecule has 0 N–H and O–H groups in total. The zero-order valence-electron chi connectivity index (χ0n) is 26.0. The highest BCUT2D eigenvalue weighted by atomic mass is 31.2. The molecule has 0 unspecified atom stereocenters. The molecule has 11 nitrogen and oxygen atoms in total. The molecule has 228 valence electrons. The molecule has 2 aromatic carbocycles. The number of rotatable bonds is 11. The molecule has 0 aliphatic heterocycles. The van der Waals surface area contributed by atoms with Crippen molar-refractivity contribution in [2.45, 2.75) is 66.4 Å². The maximum Gasteiger partial charge on any atom is 0.477 e. The van der Waals surface area contributed by atoms with E-state index in [1.54, 1.807) is 72.7 Å². The Kier molecular flexibility index (Phi) is 10.0. The van der Waals surface area contributed by atoms with Crippen molar-refractivity contribution in [3.8, 4) is 34.8 Å². The van der Waals surface area contributed by atoms with E-state index in [9.17, 15) is 9.36 Å². The van der Waals surface area contributed by atoms with Crippen LogP contribution in [0.5, 0.6) is 23.0 Å². The van der Waals surface area contributed by atoms with Gasteiger partial charge in [0.2, 0.25) is 11.5 Å². The van der Waals surface area contributed by atoms with Gasteiger partial charge in [0.25, 0.3) is 0 Å². The molecular formula is C30H39N2O9P. The molecule has 0 atom stereocenters. The monoisotopic (exact) mass is 602 g/mol. The van der Waals surface area contributed by atoms with Crippen molar-refractivity contribution in [3.63, 3.8) is 0 Å². The smallest absolute Gasteiger partial charge is 0.477 e. The van der Waals surface area contributed by atoms with Gasteiger partial charge >= 0.3 is 7.82 Å². The van der Waals surface area contributed by atoms with Gasteiger partial charge in [-0.1, -0.05) is 5.92 Å². The Morgan fingerprint density at radius 3 is 1.88 bits per heavy atom. The van der Waals surface area contributed by atoms with E-state index in [0.29, 0.717) is 39.5 Å². The zero-order valence-corrected chi connectivity index (χ0v) is 26.9. The summed E-state index contributed by atoms with van der Waals surface area (Å²) in [5.41, 5.74) is -0.439. The Balaban J connectivity index is 2.23. The minimum absolute atomic E-state index is 0.0907. The van der Waals surface area contributed by atoms with Crippen LogP contribution in [0.4, 0.5) is 0 Å². The molecule has 1 aromatic heterocycles. The maximum absolute atomic E-state index is 14.0. The SMILES string of the molecule is CC#Cc1c(OC)ccc2c(C(=O)c3cc(OC)c(OC)c(OC)c3)nn(COP(=O)(OC(C)(C)C)OC(C)(C)C)c12. The van der Waals surface area contributed by atoms with Crippen molar-refractivity contribution in [2.75, 3.05) is 28.4 Å². The summed E-state index contributed by atoms with van der Waals surface area (Å²) in [6.45, 7) is 11.8. The molecule has 0 amide bonds. The highest BCUT2D eigenvalue weighted by molar-refractivity contribution is 7.48. The number of phosphoric acid groups is 1. The number of methoxy groups -OCH3 is 4. The van der Waals surface area contributed by atoms with E-state index in [-0.39, 0.29) is 18.0 Å². The fraction of sp³-hybridized carbons (Fsp3) is 0.467. The third-order valence-electron chi connectivity index (χ3n) is 5.60. The van der Waals surface area contributed by atoms with Gasteiger partial charge in [-0.25, -0.2) is 9.25 Å². The largest absolute Gasteiger partial charge is 0.495 e. The number of aromatic nitrogens is 2. The summed E-state index contributed by atoms with van der Waals surface area (Å²) in [6, 6.07) is 6.51. The van der Waals surface area contributed by atoms with Crippen LogP contribution in [-0.4, -0.2) is 55.2 Å². The first-order valence-electron chi connectivity index (χ1n) is 13.1. The lowest BCUT2D eigenvalue weighted by Crippen LogP contribution is -2.25. The molecule has 12 heteroatoms. The van der Waals surface area contributed by atoms with Gasteiger partial charge in [-0.3, -0.25) is 18.4 Å². The van der Waals surface area contributed by atoms with Crippen LogP contribution in [0.1, 0.15) is 70.1 Å². The van der Waals surface area contributed by atoms with Gasteiger partial charge in [0, 0.05) is 10.9 Å². The topological polar surface area (TPSA) is 117 Å². The average Bonchev–Trinajstić information content (AvgIpc) is 3.27. The van der Waals surface area contributed by atoms with E-state index in [1.165, 1.54) is 33.1 Å². The predicted octanol–water partition coefficient (Wildman–Crippen LogP) is 6.39. The first kappa shape index (κ1) is 33.0. The minimum atomic E-state index is -4.12. The van der Waals surface area contributed by atoms with Crippen LogP contribution in [0.15, 0.2) is 24.3 Å². The summed E-state index contributed by atoms with van der Waals surface area (Å²) in [5.74, 6) is 6.91. The Morgan fingerprint density at radius 1 is 0.881 bits per heavy atom. The van der Waals surface area contributed by atoms with E-state index in [1.807, 2.05) is 0 Å². The Morgan fingerprint density at radius 2 is 1.43 bits per heavy atom. The molecule has 3 aromatic rings. The molecular weight excluding hydrogens is 563 g/mol. The van der Waals surface area contributed by atoms with E-state index in [0.717, 1.165) is 0 Å². The van der Waals surface area contributed by atoms with Gasteiger partial charge < -0.3 is 18.9 Å². The highest BCUT2D eigenvalue weighted by Gasteiger charge is 2.38. The van der Waals surface area contributed by atoms with E-state index < -0.39 is 24.8 Å². The first-order valence-corrected chi connectivity index (χ1v) is 14.6. The van der Waals surface area contributed by atoms with Crippen molar-refractivity contribution in [2.24, 2.45) is 0 Å². The second kappa shape index (κ2) is 12.8. The molecule has 0 bridgehead atoms. The molecule has 0 fully saturated rings. The number of hydrogen-bond donors (Lipinski definition) is 0. The average molecular weight is 603 g/mol. The van der Waals surface area contributed by atoms with Crippen molar-refractivity contribution < 1.29 is 41.9 Å². The van der Waals surface area contributed by atoms with Crippen molar-refractivity contribution >= 4 is 24.5 Å². The second-order valence-electron chi connectivity index (χ2n) is 11.1. The van der Waals surface area contributed by atoms with Crippen LogP contribution < -0.4 is 18.9 Å². The fourth-order valence-electron chi connectivity index (χ4n) is 4.15. The summed E-state index contributed by atoms with van der Waals surface area (Å²) in [4.78, 5) is 14.0. The quantitative estimate of drug-likeness (QED) is 0.139. The standard InChI is InChI=1S/C30H39N2O9P/c1-12-13-20-22(35-8)15-14-21-25(27(33)19-16-23(36-9)28(38-11)24(17-19)37-10)31-32(26(20)21)18-39-42(34,40-29(2,3)4)41-30(5,6)7/h14-17H,18H2,1-11H3. The first-order chi connectivity index (χ1) is 19.6. The van der Waals surface area contributed by atoms with Crippen molar-refractivity contribution in [3.05, 3.63) is 41.1 Å². The summed E-state index contributed by atoms with van der Waals surface area (Å²) in [7, 11) is 1.81. The van der Waals surface area contributed by atoms with Gasteiger partial charge in [0.15, 0.2) is 18.2 Å². The summed E-state index contributed by atoms with van der Waals surface area (Å²) >= 11 is 0. The van der Waals surface area contributed by atoms with Crippen molar-refractivity contribution in [1.82, 2.24) is 9.78 Å². The van der Waals surface area contributed by atoms with Gasteiger partial charge in [-0.2, -0.15) is 5.10 Å². The number of benzene rings is 2. The molecule has 42 heavy (non-hydrogen) atoms. The lowest BCUT2D eigenvalue weighted by molar-refractivity contribution is -0.00704. The number of hydrogen-bond acceptors (Lipinski definition) is 10. The van der Waals surface area contributed by atoms with Crippen LogP contribution in [-0.2, 0) is 24.9 Å². The summed E-state index contributed by atoms with van der Waals surface area (Å²) < 4.78 is 54.4. The van der Waals surface area contributed by atoms with Crippen molar-refractivity contribution in [1.29, 1.82) is 0 Å². The Bertz CT molecular complexity index is 1520. The van der Waals surface area contributed by atoms with Crippen LogP contribution in [0.3, 0.4) is 0 Å². The van der Waals surface area contributed by atoms with E-state index in [4.69, 9.17) is 32.5 Å². The molecule has 0 radical (unpaired) electrons. The fourth-order valence-corrected chi connectivity index (χ4v) is 5.89. The lowest BCUT2D eigenvalue weighted by atomic mass is 10.0. The van der Waals surface area contributed by atoms with Crippen LogP contribution >= 0.6 is 7.82 Å². The van der Waals surface area contributed by atoms with Crippen LogP contribution in [0.25, 0.3) is 10.9 Å². The molecule has 0 saturated heterocycles. The number of carbonyl (C=O) groups is 1. The molecule has 1 heterocycles. The number of carbonyl (C=O) groups excluding carboxylic acids is 1. The molecule has 3 rings (SSSR count). The van der Waals surface area contributed by atoms with Crippen LogP contribution in [0.2, 0.25) is 0 Å². The highest BCUT2D eigenvalue weighted by Crippen LogP contribution is 2.55. The number of fused-ring (bicyclic) bond motifs is 1. The summed E-state index contributed by atoms with van der Waals surface area (Å²) in [5, 5.41) is 5.08. The second-order valence-corrected chi connectivity index (χ2v) is 12.6. The number of phosphoric ester groups is 1. The predicted molar refractivity (Wildman–Crippen MR) is 159 cm³/mol. The molecule has 0 spiro atoms. The Hall–Kier alpha value is -3.55. The minimum Gasteiger partial charge on any atom is -0.495 e. The molecule has 0 saturated carbocycles. The van der Waals surface area contributed by atoms with E-state index in [2.05, 4.69) is 16.9 Å². The van der Waals surface area contributed by atoms with E-state index >= 15 is 0 Å². The number of nitrogens with zero attached hydrogens (tertiary/aromatic N) is 2. The summed E-state index contributed by atoms with van der Waals surface area (Å²) in [6.07, 6.45) is 0. The van der Waals surface area contributed by atoms with Crippen LogP contribution in [0, 0.1) is 11.8 Å².